The summed E-state index contributed by atoms with van der Waals surface area (Å²) in [4.78, 5) is 23.5. The van der Waals surface area contributed by atoms with Crippen LogP contribution < -0.4 is 19.7 Å². The first-order valence-corrected chi connectivity index (χ1v) is 10.8. The van der Waals surface area contributed by atoms with Gasteiger partial charge in [-0.05, 0) is 54.6 Å². The molecular weight excluding hydrogens is 463 g/mol. The molecule has 3 aromatic rings. The number of nitrogens with one attached hydrogen (secondary N) is 1. The fourth-order valence-corrected chi connectivity index (χ4v) is 3.47. The number of anilines is 2. The van der Waals surface area contributed by atoms with Gasteiger partial charge >= 0.3 is 0 Å². The quantitative estimate of drug-likeness (QED) is 0.521. The maximum atomic E-state index is 13.1. The first-order chi connectivity index (χ1) is 16.2. The van der Waals surface area contributed by atoms with Crippen LogP contribution in [0.15, 0.2) is 66.7 Å². The second-order valence-electron chi connectivity index (χ2n) is 7.52. The summed E-state index contributed by atoms with van der Waals surface area (Å²) >= 11 is 5.95. The fraction of sp³-hybridized carbons (Fsp3) is 0.200. The highest BCUT2D eigenvalue weighted by molar-refractivity contribution is 6.33. The number of amides is 1. The van der Waals surface area contributed by atoms with Crippen molar-refractivity contribution in [1.29, 1.82) is 0 Å². The van der Waals surface area contributed by atoms with E-state index in [0.29, 0.717) is 23.6 Å². The molecule has 1 heterocycles. The molecule has 3 aromatic carbocycles. The van der Waals surface area contributed by atoms with Crippen molar-refractivity contribution in [3.05, 3.63) is 83.1 Å². The Morgan fingerprint density at radius 1 is 1.18 bits per heavy atom. The van der Waals surface area contributed by atoms with Crippen LogP contribution in [0.2, 0.25) is 5.02 Å². The number of rotatable bonds is 5. The number of carbonyl (C=O) groups is 2. The Balaban J connectivity index is 0.000000751. The van der Waals surface area contributed by atoms with Crippen molar-refractivity contribution in [1.82, 2.24) is 0 Å². The summed E-state index contributed by atoms with van der Waals surface area (Å²) in [5, 5.41) is 10.2. The van der Waals surface area contributed by atoms with Gasteiger partial charge in [-0.1, -0.05) is 23.7 Å². The van der Waals surface area contributed by atoms with Gasteiger partial charge in [-0.3, -0.25) is 9.59 Å². The molecule has 2 N–H and O–H groups in total. The van der Waals surface area contributed by atoms with E-state index in [1.807, 2.05) is 31.3 Å². The van der Waals surface area contributed by atoms with Gasteiger partial charge < -0.3 is 24.8 Å². The highest BCUT2D eigenvalue weighted by Crippen LogP contribution is 2.32. The van der Waals surface area contributed by atoms with E-state index in [1.54, 1.807) is 24.3 Å². The lowest BCUT2D eigenvalue weighted by molar-refractivity contribution is -0.134. The number of hydrogen-bond donors (Lipinski definition) is 2. The Hall–Kier alpha value is -3.78. The third-order valence-electron chi connectivity index (χ3n) is 4.78. The van der Waals surface area contributed by atoms with Crippen LogP contribution in [0.25, 0.3) is 0 Å². The van der Waals surface area contributed by atoms with Gasteiger partial charge in [0, 0.05) is 19.5 Å². The van der Waals surface area contributed by atoms with Gasteiger partial charge in [0.15, 0.2) is 0 Å². The van der Waals surface area contributed by atoms with Crippen LogP contribution in [0.5, 0.6) is 11.5 Å². The van der Waals surface area contributed by atoms with Crippen LogP contribution in [-0.4, -0.2) is 43.3 Å². The molecule has 0 saturated heterocycles. The van der Waals surface area contributed by atoms with Gasteiger partial charge in [0.05, 0.1) is 22.9 Å². The summed E-state index contributed by atoms with van der Waals surface area (Å²) in [6.45, 7) is 2.19. The zero-order valence-electron chi connectivity index (χ0n) is 18.6. The van der Waals surface area contributed by atoms with Crippen LogP contribution in [0.4, 0.5) is 15.8 Å². The Morgan fingerprint density at radius 3 is 2.53 bits per heavy atom. The topological polar surface area (TPSA) is 88.1 Å². The van der Waals surface area contributed by atoms with E-state index in [4.69, 9.17) is 31.0 Å². The molecule has 0 fully saturated rings. The Kier molecular flexibility index (Phi) is 8.32. The molecule has 0 aromatic heterocycles. The Bertz CT molecular complexity index is 1150. The van der Waals surface area contributed by atoms with E-state index < -0.39 is 11.8 Å². The van der Waals surface area contributed by atoms with Crippen molar-refractivity contribution in [3.8, 4) is 11.5 Å². The standard InChI is InChI=1S/C23H20ClFN2O3.C2H4O2/c1-27-13-18(30-22-5-3-2-4-21(22)27)14-29-17-9-6-15(7-10-17)23(28)26-20-11-8-16(25)12-19(20)24;1-2(3)4/h2-12,18H,13-14H2,1H3,(H,26,28);1H3,(H,3,4)/t18-;/m0./s1. The minimum Gasteiger partial charge on any atom is -0.490 e. The molecule has 1 aliphatic rings. The SMILES string of the molecule is CC(=O)O.CN1C[C@@H](COc2ccc(C(=O)Nc3ccc(F)cc3Cl)cc2)Oc2ccccc21. The van der Waals surface area contributed by atoms with Crippen molar-refractivity contribution in [2.24, 2.45) is 0 Å². The van der Waals surface area contributed by atoms with Crippen molar-refractivity contribution in [2.75, 3.05) is 30.4 Å². The first-order valence-electron chi connectivity index (χ1n) is 10.4. The number of nitrogens with zero attached hydrogens (tertiary/aromatic N) is 1. The molecule has 0 radical (unpaired) electrons. The second kappa shape index (κ2) is 11.4. The van der Waals surface area contributed by atoms with Crippen molar-refractivity contribution >= 4 is 34.9 Å². The van der Waals surface area contributed by atoms with Crippen molar-refractivity contribution in [2.45, 2.75) is 13.0 Å². The fourth-order valence-electron chi connectivity index (χ4n) is 3.26. The molecule has 0 bridgehead atoms. The monoisotopic (exact) mass is 486 g/mol. The van der Waals surface area contributed by atoms with Gasteiger partial charge in [-0.2, -0.15) is 0 Å². The number of ether oxygens (including phenoxy) is 2. The molecule has 0 spiro atoms. The normalized spacial score (nSPS) is 14.1. The van der Waals surface area contributed by atoms with Crippen LogP contribution >= 0.6 is 11.6 Å². The molecule has 0 saturated carbocycles. The molecule has 7 nitrogen and oxygen atoms in total. The highest BCUT2D eigenvalue weighted by Gasteiger charge is 2.23. The average Bonchev–Trinajstić information content (AvgIpc) is 2.79. The lowest BCUT2D eigenvalue weighted by Gasteiger charge is -2.33. The smallest absolute Gasteiger partial charge is 0.300 e. The zero-order chi connectivity index (χ0) is 24.7. The van der Waals surface area contributed by atoms with E-state index >= 15 is 0 Å². The minimum atomic E-state index is -0.833. The predicted octanol–water partition coefficient (Wildman–Crippen LogP) is 5.10. The molecule has 9 heteroatoms. The molecule has 1 atom stereocenters. The predicted molar refractivity (Wildman–Crippen MR) is 129 cm³/mol. The largest absolute Gasteiger partial charge is 0.490 e. The molecular formula is C25H24ClFN2O5. The van der Waals surface area contributed by atoms with Gasteiger partial charge in [0.25, 0.3) is 11.9 Å². The number of halogens is 2. The Morgan fingerprint density at radius 2 is 1.85 bits per heavy atom. The third-order valence-corrected chi connectivity index (χ3v) is 5.09. The molecule has 34 heavy (non-hydrogen) atoms. The van der Waals surface area contributed by atoms with E-state index in [1.165, 1.54) is 12.1 Å². The van der Waals surface area contributed by atoms with Crippen LogP contribution in [0.1, 0.15) is 17.3 Å². The zero-order valence-corrected chi connectivity index (χ0v) is 19.4. The minimum absolute atomic E-state index is 0.103. The summed E-state index contributed by atoms with van der Waals surface area (Å²) in [6.07, 6.45) is -0.103. The van der Waals surface area contributed by atoms with E-state index in [-0.39, 0.29) is 17.0 Å². The van der Waals surface area contributed by atoms with Crippen LogP contribution in [0, 0.1) is 5.82 Å². The highest BCUT2D eigenvalue weighted by atomic mass is 35.5. The Labute approximate surface area is 201 Å². The second-order valence-corrected chi connectivity index (χ2v) is 7.93. The molecule has 4 rings (SSSR count). The number of benzene rings is 3. The van der Waals surface area contributed by atoms with Gasteiger partial charge in [0.1, 0.15) is 30.0 Å². The molecule has 178 valence electrons. The van der Waals surface area contributed by atoms with E-state index in [0.717, 1.165) is 31.0 Å². The van der Waals surface area contributed by atoms with Crippen molar-refractivity contribution in [3.63, 3.8) is 0 Å². The maximum absolute atomic E-state index is 13.1. The average molecular weight is 487 g/mol. The van der Waals surface area contributed by atoms with E-state index in [2.05, 4.69) is 10.2 Å². The molecule has 0 unspecified atom stereocenters. The number of carboxylic acids is 1. The first kappa shape index (κ1) is 24.9. The van der Waals surface area contributed by atoms with E-state index in [9.17, 15) is 9.18 Å². The number of para-hydroxylation sites is 2. The maximum Gasteiger partial charge on any atom is 0.300 e. The third kappa shape index (κ3) is 6.86. The lowest BCUT2D eigenvalue weighted by Crippen LogP contribution is -2.41. The molecule has 1 aliphatic heterocycles. The number of fused-ring (bicyclic) bond motifs is 1. The van der Waals surface area contributed by atoms with Crippen LogP contribution in [-0.2, 0) is 4.79 Å². The molecule has 1 amide bonds. The van der Waals surface area contributed by atoms with Crippen LogP contribution in [0.3, 0.4) is 0 Å². The van der Waals surface area contributed by atoms with Gasteiger partial charge in [-0.25, -0.2) is 4.39 Å². The molecule has 0 aliphatic carbocycles. The summed E-state index contributed by atoms with van der Waals surface area (Å²) in [7, 11) is 2.02. The summed E-state index contributed by atoms with van der Waals surface area (Å²) in [5.74, 6) is -0.164. The van der Waals surface area contributed by atoms with Gasteiger partial charge in [-0.15, -0.1) is 0 Å². The number of carbonyl (C=O) groups excluding carboxylic acids is 1. The van der Waals surface area contributed by atoms with Crippen molar-refractivity contribution < 1.29 is 28.6 Å². The summed E-state index contributed by atoms with van der Waals surface area (Å²) in [5.41, 5.74) is 1.85. The number of likely N-dealkylation sites (N-methyl/N-ethyl adjacent to an activating group) is 1. The number of hydrogen-bond acceptors (Lipinski definition) is 5. The summed E-state index contributed by atoms with van der Waals surface area (Å²) in [6, 6.07) is 18.5. The number of aliphatic carboxylic acids is 1. The number of carboxylic acid groups (broad SMARTS) is 1. The summed E-state index contributed by atoms with van der Waals surface area (Å²) < 4.78 is 25.0. The van der Waals surface area contributed by atoms with Gasteiger partial charge in [0.2, 0.25) is 0 Å². The lowest BCUT2D eigenvalue weighted by atomic mass is 10.2.